The third-order valence-electron chi connectivity index (χ3n) is 7.91. The molecule has 0 aliphatic carbocycles. The van der Waals surface area contributed by atoms with Crippen molar-refractivity contribution in [3.63, 3.8) is 0 Å². The van der Waals surface area contributed by atoms with Gasteiger partial charge in [-0.15, -0.1) is 0 Å². The van der Waals surface area contributed by atoms with E-state index in [1.54, 1.807) is 0 Å². The number of benzene rings is 2. The number of carboxylic acid groups (broad SMARTS) is 2. The van der Waals surface area contributed by atoms with Gasteiger partial charge in [0.1, 0.15) is 0 Å². The van der Waals surface area contributed by atoms with Gasteiger partial charge in [0.2, 0.25) is 0 Å². The molecule has 0 saturated carbocycles. The highest BCUT2D eigenvalue weighted by Crippen LogP contribution is 2.24. The molecule has 0 bridgehead atoms. The normalized spacial score (nSPS) is 14.2. The molecule has 0 radical (unpaired) electrons. The summed E-state index contributed by atoms with van der Waals surface area (Å²) in [6.45, 7) is 19.6. The summed E-state index contributed by atoms with van der Waals surface area (Å²) in [7, 11) is 0. The third-order valence-corrected chi connectivity index (χ3v) is 7.91. The molecule has 222 valence electrons. The maximum Gasteiger partial charge on any atom is 0.328 e. The highest BCUT2D eigenvalue weighted by atomic mass is 16.4. The average Bonchev–Trinajstić information content (AvgIpc) is 2.94. The van der Waals surface area contributed by atoms with Crippen molar-refractivity contribution in [1.29, 1.82) is 0 Å². The highest BCUT2D eigenvalue weighted by molar-refractivity contribution is 5.89. The first-order valence-corrected chi connectivity index (χ1v) is 14.3. The molecular weight excluding hydrogens is 526 g/mol. The molecule has 0 spiro atoms. The molecule has 42 heavy (non-hydrogen) atoms. The molecule has 1 aliphatic heterocycles. The first-order chi connectivity index (χ1) is 19.9. The van der Waals surface area contributed by atoms with Gasteiger partial charge in [0.15, 0.2) is 0 Å². The summed E-state index contributed by atoms with van der Waals surface area (Å²) < 4.78 is 0. The van der Waals surface area contributed by atoms with Crippen molar-refractivity contribution >= 4 is 18.0 Å². The van der Waals surface area contributed by atoms with Gasteiger partial charge in [0.25, 0.3) is 0 Å². The van der Waals surface area contributed by atoms with Gasteiger partial charge < -0.3 is 10.2 Å². The van der Waals surface area contributed by atoms with E-state index in [1.165, 1.54) is 50.1 Å². The topological polar surface area (TPSA) is 94.0 Å². The zero-order valence-corrected chi connectivity index (χ0v) is 25.6. The minimum atomic E-state index is -1.26. The number of aromatic nitrogens is 1. The molecule has 2 aromatic carbocycles. The first kappa shape index (κ1) is 32.4. The Morgan fingerprint density at radius 1 is 0.762 bits per heavy atom. The lowest BCUT2D eigenvalue weighted by atomic mass is 9.98. The summed E-state index contributed by atoms with van der Waals surface area (Å²) in [5, 5.41) is 15.6. The van der Waals surface area contributed by atoms with Gasteiger partial charge in [-0.05, 0) is 110 Å². The van der Waals surface area contributed by atoms with Crippen molar-refractivity contribution in [1.82, 2.24) is 14.8 Å². The lowest BCUT2D eigenvalue weighted by molar-refractivity contribution is -0.134. The van der Waals surface area contributed by atoms with Gasteiger partial charge >= 0.3 is 11.9 Å². The lowest BCUT2D eigenvalue weighted by Gasteiger charge is -2.34. The molecule has 0 amide bonds. The number of nitrogens with zero attached hydrogens (tertiary/aromatic N) is 3. The Kier molecular flexibility index (Phi) is 11.8. The van der Waals surface area contributed by atoms with Gasteiger partial charge in [-0.1, -0.05) is 24.3 Å². The fourth-order valence-electron chi connectivity index (χ4n) is 4.95. The van der Waals surface area contributed by atoms with Crippen LogP contribution in [0, 0.1) is 41.5 Å². The van der Waals surface area contributed by atoms with Crippen LogP contribution in [0.2, 0.25) is 0 Å². The smallest absolute Gasteiger partial charge is 0.328 e. The van der Waals surface area contributed by atoms with Crippen LogP contribution in [-0.4, -0.2) is 69.7 Å². The predicted octanol–water partition coefficient (Wildman–Crippen LogP) is 6.14. The SMILES string of the molecule is Cc1cc(/C=C/CN2CCN(Cc3ccnc(-c4cc(C)c(C)c(C)c4)c3)CC2)cc(C)c1C.O=C(O)/C=C\C(=O)O. The minimum absolute atomic E-state index is 0.558. The molecule has 0 atom stereocenters. The van der Waals surface area contributed by atoms with Crippen LogP contribution in [0.3, 0.4) is 0 Å². The van der Waals surface area contributed by atoms with Crippen molar-refractivity contribution in [3.8, 4) is 11.3 Å². The summed E-state index contributed by atoms with van der Waals surface area (Å²) in [5.74, 6) is -2.51. The molecule has 4 rings (SSSR count). The second-order valence-corrected chi connectivity index (χ2v) is 11.1. The second-order valence-electron chi connectivity index (χ2n) is 11.1. The molecule has 7 nitrogen and oxygen atoms in total. The fraction of sp³-hybridized carbons (Fsp3) is 0.343. The average molecular weight is 570 g/mol. The highest BCUT2D eigenvalue weighted by Gasteiger charge is 2.16. The van der Waals surface area contributed by atoms with Gasteiger partial charge in [-0.3, -0.25) is 14.8 Å². The summed E-state index contributed by atoms with van der Waals surface area (Å²) in [5.41, 5.74) is 13.1. The van der Waals surface area contributed by atoms with Crippen LogP contribution in [0.4, 0.5) is 0 Å². The van der Waals surface area contributed by atoms with Gasteiger partial charge in [0, 0.05) is 63.2 Å². The zero-order chi connectivity index (χ0) is 30.8. The Labute approximate surface area is 249 Å². The molecule has 2 heterocycles. The van der Waals surface area contributed by atoms with E-state index in [9.17, 15) is 9.59 Å². The Morgan fingerprint density at radius 3 is 1.79 bits per heavy atom. The summed E-state index contributed by atoms with van der Waals surface area (Å²) in [6.07, 6.45) is 7.67. The zero-order valence-electron chi connectivity index (χ0n) is 25.6. The maximum atomic E-state index is 9.55. The number of aryl methyl sites for hydroxylation is 4. The molecule has 1 aromatic heterocycles. The van der Waals surface area contributed by atoms with Crippen molar-refractivity contribution in [2.24, 2.45) is 0 Å². The lowest BCUT2D eigenvalue weighted by Crippen LogP contribution is -2.45. The van der Waals surface area contributed by atoms with Crippen molar-refractivity contribution in [2.75, 3.05) is 32.7 Å². The van der Waals surface area contributed by atoms with Crippen LogP contribution < -0.4 is 0 Å². The van der Waals surface area contributed by atoms with Gasteiger partial charge in [-0.25, -0.2) is 9.59 Å². The van der Waals surface area contributed by atoms with Gasteiger partial charge in [0.05, 0.1) is 5.69 Å². The second kappa shape index (κ2) is 15.2. The van der Waals surface area contributed by atoms with Crippen molar-refractivity contribution < 1.29 is 19.8 Å². The number of piperazine rings is 1. The van der Waals surface area contributed by atoms with Crippen LogP contribution >= 0.6 is 0 Å². The molecule has 7 heteroatoms. The van der Waals surface area contributed by atoms with E-state index >= 15 is 0 Å². The summed E-state index contributed by atoms with van der Waals surface area (Å²) >= 11 is 0. The van der Waals surface area contributed by atoms with Crippen LogP contribution in [0.5, 0.6) is 0 Å². The summed E-state index contributed by atoms with van der Waals surface area (Å²) in [6, 6.07) is 13.5. The molecule has 1 saturated heterocycles. The molecule has 2 N–H and O–H groups in total. The number of pyridine rings is 1. The van der Waals surface area contributed by atoms with Crippen LogP contribution in [0.1, 0.15) is 44.5 Å². The maximum absolute atomic E-state index is 9.55. The molecule has 1 aliphatic rings. The van der Waals surface area contributed by atoms with E-state index in [2.05, 4.69) is 105 Å². The number of hydrogen-bond donors (Lipinski definition) is 2. The molecule has 3 aromatic rings. The Bertz CT molecular complexity index is 1400. The quantitative estimate of drug-likeness (QED) is 0.315. The monoisotopic (exact) mass is 569 g/mol. The Morgan fingerprint density at radius 2 is 1.26 bits per heavy atom. The number of carbonyl (C=O) groups is 2. The largest absolute Gasteiger partial charge is 0.478 e. The minimum Gasteiger partial charge on any atom is -0.478 e. The molecular formula is C35H43N3O4. The first-order valence-electron chi connectivity index (χ1n) is 14.3. The van der Waals surface area contributed by atoms with Gasteiger partial charge in [-0.2, -0.15) is 0 Å². The van der Waals surface area contributed by atoms with E-state index in [4.69, 9.17) is 10.2 Å². The van der Waals surface area contributed by atoms with Crippen molar-refractivity contribution in [2.45, 2.75) is 48.1 Å². The van der Waals surface area contributed by atoms with Crippen molar-refractivity contribution in [3.05, 3.63) is 105 Å². The molecule has 1 fully saturated rings. The number of rotatable bonds is 8. The van der Waals surface area contributed by atoms with Crippen LogP contribution in [-0.2, 0) is 16.1 Å². The van der Waals surface area contributed by atoms with E-state index in [1.807, 2.05) is 6.20 Å². The van der Waals surface area contributed by atoms with E-state index in [0.29, 0.717) is 12.2 Å². The third kappa shape index (κ3) is 9.79. The van der Waals surface area contributed by atoms with E-state index < -0.39 is 11.9 Å². The predicted molar refractivity (Wildman–Crippen MR) is 170 cm³/mol. The van der Waals surface area contributed by atoms with E-state index in [0.717, 1.165) is 45.0 Å². The number of hydrogen-bond acceptors (Lipinski definition) is 5. The Hall–Kier alpha value is -4.07. The van der Waals surface area contributed by atoms with Crippen LogP contribution in [0.15, 0.2) is 60.8 Å². The number of carboxylic acids is 2. The van der Waals surface area contributed by atoms with E-state index in [-0.39, 0.29) is 0 Å². The number of aliphatic carboxylic acids is 2. The molecule has 0 unspecified atom stereocenters. The summed E-state index contributed by atoms with van der Waals surface area (Å²) in [4.78, 5) is 28.9. The van der Waals surface area contributed by atoms with Crippen LogP contribution in [0.25, 0.3) is 17.3 Å². The standard InChI is InChI=1S/C31H39N3.C4H4O4/c1-22-16-28(17-23(2)26(22)5)8-7-11-33-12-14-34(15-13-33)21-29-9-10-32-31(20-29)30-18-24(3)27(6)25(4)19-30;5-3(6)1-2-4(7)8/h7-10,16-20H,11-15,21H2,1-6H3;1-2H,(H,5,6)(H,7,8)/b8-7+;2-1-. The fourth-order valence-corrected chi connectivity index (χ4v) is 4.95. The Balaban J connectivity index is 0.000000531.